The molecule has 0 aromatic heterocycles. The summed E-state index contributed by atoms with van der Waals surface area (Å²) in [7, 11) is 0. The summed E-state index contributed by atoms with van der Waals surface area (Å²) in [5.41, 5.74) is 0. The fourth-order valence-electron chi connectivity index (χ4n) is 4.15. The first-order valence-corrected chi connectivity index (χ1v) is 8.02. The van der Waals surface area contributed by atoms with Crippen molar-refractivity contribution in [1.29, 1.82) is 0 Å². The van der Waals surface area contributed by atoms with Gasteiger partial charge >= 0.3 is 0 Å². The van der Waals surface area contributed by atoms with Crippen LogP contribution in [0.2, 0.25) is 0 Å². The molecule has 2 aliphatic carbocycles. The summed E-state index contributed by atoms with van der Waals surface area (Å²) in [6.45, 7) is 7.10. The van der Waals surface area contributed by atoms with Gasteiger partial charge in [-0.15, -0.1) is 0 Å². The summed E-state index contributed by atoms with van der Waals surface area (Å²) in [5, 5.41) is 3.60. The summed E-state index contributed by atoms with van der Waals surface area (Å²) in [6.07, 6.45) is 12.0. The highest BCUT2D eigenvalue weighted by molar-refractivity contribution is 4.84. The van der Waals surface area contributed by atoms with Crippen LogP contribution in [0.15, 0.2) is 0 Å². The maximum absolute atomic E-state index is 3.60. The molecule has 0 heterocycles. The standard InChI is InChI=1S/C16H31N/c1-3-17-12-15-6-4-5-7-16(15)14-10-8-13(2)9-11-14/h13-17H,3-12H2,1-2H3. The molecule has 1 N–H and O–H groups in total. The van der Waals surface area contributed by atoms with E-state index < -0.39 is 0 Å². The lowest BCUT2D eigenvalue weighted by Crippen LogP contribution is -2.35. The van der Waals surface area contributed by atoms with Crippen molar-refractivity contribution in [3.8, 4) is 0 Å². The minimum atomic E-state index is 0.988. The Kier molecular flexibility index (Phi) is 5.34. The molecule has 2 atom stereocenters. The highest BCUT2D eigenvalue weighted by Gasteiger charge is 2.33. The van der Waals surface area contributed by atoms with Crippen LogP contribution in [-0.4, -0.2) is 13.1 Å². The minimum Gasteiger partial charge on any atom is -0.317 e. The summed E-state index contributed by atoms with van der Waals surface area (Å²) < 4.78 is 0. The van der Waals surface area contributed by atoms with E-state index in [0.717, 1.165) is 30.2 Å². The molecule has 1 nitrogen and oxygen atoms in total. The zero-order valence-electron chi connectivity index (χ0n) is 11.9. The van der Waals surface area contributed by atoms with Gasteiger partial charge in [-0.3, -0.25) is 0 Å². The Hall–Kier alpha value is -0.0400. The van der Waals surface area contributed by atoms with Gasteiger partial charge in [-0.2, -0.15) is 0 Å². The second-order valence-electron chi connectivity index (χ2n) is 6.54. The van der Waals surface area contributed by atoms with Gasteiger partial charge in [-0.05, 0) is 62.4 Å². The maximum atomic E-state index is 3.60. The molecular weight excluding hydrogens is 206 g/mol. The normalized spacial score (nSPS) is 39.2. The van der Waals surface area contributed by atoms with Gasteiger partial charge < -0.3 is 5.32 Å². The molecule has 2 aliphatic rings. The number of hydrogen-bond acceptors (Lipinski definition) is 1. The van der Waals surface area contributed by atoms with E-state index in [2.05, 4.69) is 19.2 Å². The Morgan fingerprint density at radius 1 is 0.941 bits per heavy atom. The van der Waals surface area contributed by atoms with Crippen LogP contribution < -0.4 is 5.32 Å². The molecule has 2 rings (SSSR count). The topological polar surface area (TPSA) is 12.0 Å². The predicted octanol–water partition coefficient (Wildman–Crippen LogP) is 4.23. The van der Waals surface area contributed by atoms with Crippen molar-refractivity contribution in [3.63, 3.8) is 0 Å². The van der Waals surface area contributed by atoms with Gasteiger partial charge in [0.2, 0.25) is 0 Å². The summed E-state index contributed by atoms with van der Waals surface area (Å²) >= 11 is 0. The average Bonchev–Trinajstić information content (AvgIpc) is 2.38. The van der Waals surface area contributed by atoms with Crippen LogP contribution in [0, 0.1) is 23.7 Å². The zero-order valence-corrected chi connectivity index (χ0v) is 11.9. The predicted molar refractivity (Wildman–Crippen MR) is 75.1 cm³/mol. The quantitative estimate of drug-likeness (QED) is 0.771. The third-order valence-electron chi connectivity index (χ3n) is 5.29. The molecule has 0 amide bonds. The molecule has 0 saturated heterocycles. The van der Waals surface area contributed by atoms with Crippen molar-refractivity contribution in [1.82, 2.24) is 5.32 Å². The van der Waals surface area contributed by atoms with E-state index in [-0.39, 0.29) is 0 Å². The third kappa shape index (κ3) is 3.71. The van der Waals surface area contributed by atoms with Gasteiger partial charge in [-0.1, -0.05) is 39.5 Å². The largest absolute Gasteiger partial charge is 0.317 e. The molecular formula is C16H31N. The molecule has 0 aromatic carbocycles. The fourth-order valence-corrected chi connectivity index (χ4v) is 4.15. The van der Waals surface area contributed by atoms with Crippen LogP contribution in [0.3, 0.4) is 0 Å². The number of nitrogens with one attached hydrogen (secondary N) is 1. The lowest BCUT2D eigenvalue weighted by atomic mass is 9.67. The average molecular weight is 237 g/mol. The molecule has 17 heavy (non-hydrogen) atoms. The SMILES string of the molecule is CCNCC1CCCCC1C1CCC(C)CC1. The van der Waals surface area contributed by atoms with Gasteiger partial charge in [0, 0.05) is 0 Å². The molecule has 0 radical (unpaired) electrons. The lowest BCUT2D eigenvalue weighted by molar-refractivity contribution is 0.115. The van der Waals surface area contributed by atoms with Crippen LogP contribution >= 0.6 is 0 Å². The van der Waals surface area contributed by atoms with Gasteiger partial charge in [0.15, 0.2) is 0 Å². The lowest BCUT2D eigenvalue weighted by Gasteiger charge is -2.40. The number of rotatable bonds is 4. The Labute approximate surface area is 108 Å². The Morgan fingerprint density at radius 2 is 1.65 bits per heavy atom. The van der Waals surface area contributed by atoms with Crippen LogP contribution in [0.25, 0.3) is 0 Å². The fraction of sp³-hybridized carbons (Fsp3) is 1.00. The summed E-state index contributed by atoms with van der Waals surface area (Å²) in [5.74, 6) is 4.11. The van der Waals surface area contributed by atoms with Crippen molar-refractivity contribution in [2.75, 3.05) is 13.1 Å². The first-order valence-electron chi connectivity index (χ1n) is 8.02. The second-order valence-corrected chi connectivity index (χ2v) is 6.54. The number of hydrogen-bond donors (Lipinski definition) is 1. The first kappa shape index (κ1) is 13.4. The van der Waals surface area contributed by atoms with Gasteiger partial charge in [0.1, 0.15) is 0 Å². The van der Waals surface area contributed by atoms with Crippen LogP contribution in [0.4, 0.5) is 0 Å². The Balaban J connectivity index is 1.86. The van der Waals surface area contributed by atoms with Crippen molar-refractivity contribution in [2.45, 2.75) is 65.2 Å². The molecule has 1 heteroatoms. The summed E-state index contributed by atoms with van der Waals surface area (Å²) in [6, 6.07) is 0. The third-order valence-corrected chi connectivity index (χ3v) is 5.29. The van der Waals surface area contributed by atoms with Crippen molar-refractivity contribution < 1.29 is 0 Å². The van der Waals surface area contributed by atoms with E-state index in [1.165, 1.54) is 57.9 Å². The zero-order chi connectivity index (χ0) is 12.1. The van der Waals surface area contributed by atoms with E-state index in [1.54, 1.807) is 0 Å². The maximum Gasteiger partial charge on any atom is -0.00179 e. The van der Waals surface area contributed by atoms with Crippen molar-refractivity contribution in [3.05, 3.63) is 0 Å². The van der Waals surface area contributed by atoms with Crippen LogP contribution in [0.1, 0.15) is 65.2 Å². The van der Waals surface area contributed by atoms with E-state index in [4.69, 9.17) is 0 Å². The molecule has 100 valence electrons. The van der Waals surface area contributed by atoms with Gasteiger partial charge in [0.05, 0.1) is 0 Å². The molecule has 0 aliphatic heterocycles. The van der Waals surface area contributed by atoms with E-state index in [9.17, 15) is 0 Å². The van der Waals surface area contributed by atoms with Gasteiger partial charge in [-0.25, -0.2) is 0 Å². The van der Waals surface area contributed by atoms with E-state index in [0.29, 0.717) is 0 Å². The van der Waals surface area contributed by atoms with Gasteiger partial charge in [0.25, 0.3) is 0 Å². The smallest absolute Gasteiger partial charge is 0.00179 e. The minimum absolute atomic E-state index is 0.988. The second kappa shape index (κ2) is 6.78. The molecule has 0 bridgehead atoms. The summed E-state index contributed by atoms with van der Waals surface area (Å²) in [4.78, 5) is 0. The highest BCUT2D eigenvalue weighted by atomic mass is 14.8. The molecule has 2 unspecified atom stereocenters. The molecule has 2 fully saturated rings. The Bertz CT molecular complexity index is 201. The molecule has 0 aromatic rings. The van der Waals surface area contributed by atoms with E-state index >= 15 is 0 Å². The van der Waals surface area contributed by atoms with Crippen molar-refractivity contribution in [2.24, 2.45) is 23.7 Å². The molecule has 0 spiro atoms. The Morgan fingerprint density at radius 3 is 2.35 bits per heavy atom. The monoisotopic (exact) mass is 237 g/mol. The highest BCUT2D eigenvalue weighted by Crippen LogP contribution is 2.42. The first-order chi connectivity index (χ1) is 8.31. The van der Waals surface area contributed by atoms with Crippen LogP contribution in [-0.2, 0) is 0 Å². The van der Waals surface area contributed by atoms with E-state index in [1.807, 2.05) is 0 Å². The van der Waals surface area contributed by atoms with Crippen molar-refractivity contribution >= 4 is 0 Å². The van der Waals surface area contributed by atoms with Crippen LogP contribution in [0.5, 0.6) is 0 Å². The molecule has 2 saturated carbocycles.